The molecule has 19 heavy (non-hydrogen) atoms. The molecule has 4 heteroatoms. The summed E-state index contributed by atoms with van der Waals surface area (Å²) in [6.07, 6.45) is 0. The summed E-state index contributed by atoms with van der Waals surface area (Å²) in [5, 5.41) is 10.6. The third kappa shape index (κ3) is 1.69. The lowest BCUT2D eigenvalue weighted by Crippen LogP contribution is -2.44. The Morgan fingerprint density at radius 3 is 2.11 bits per heavy atom. The summed E-state index contributed by atoms with van der Waals surface area (Å²) >= 11 is 0. The molecule has 1 atom stereocenters. The second-order valence-electron chi connectivity index (χ2n) is 7.05. The van der Waals surface area contributed by atoms with Crippen LogP contribution in [0.1, 0.15) is 52.7 Å². The third-order valence-corrected chi connectivity index (χ3v) is 7.16. The van der Waals surface area contributed by atoms with E-state index in [0.717, 1.165) is 5.56 Å². The highest BCUT2D eigenvalue weighted by Gasteiger charge is 2.58. The van der Waals surface area contributed by atoms with Gasteiger partial charge >= 0.3 is 0 Å². The van der Waals surface area contributed by atoms with E-state index in [2.05, 4.69) is 0 Å². The van der Waals surface area contributed by atoms with E-state index in [9.17, 15) is 13.5 Å². The minimum Gasteiger partial charge on any atom is -0.384 e. The van der Waals surface area contributed by atoms with Gasteiger partial charge in [0.25, 0.3) is 0 Å². The molecule has 1 aliphatic heterocycles. The Hall–Kier alpha value is -0.870. The van der Waals surface area contributed by atoms with Crippen molar-refractivity contribution in [2.45, 2.75) is 62.2 Å². The Morgan fingerprint density at radius 2 is 1.63 bits per heavy atom. The van der Waals surface area contributed by atoms with E-state index in [0.29, 0.717) is 5.56 Å². The molecular formula is C15H22O3S. The third-order valence-electron chi connectivity index (χ3n) is 4.51. The average molecular weight is 282 g/mol. The molecule has 0 radical (unpaired) electrons. The van der Waals surface area contributed by atoms with Gasteiger partial charge in [0.2, 0.25) is 0 Å². The van der Waals surface area contributed by atoms with Gasteiger partial charge in [0.15, 0.2) is 9.84 Å². The van der Waals surface area contributed by atoms with Gasteiger partial charge in [-0.15, -0.1) is 0 Å². The van der Waals surface area contributed by atoms with Crippen LogP contribution in [-0.2, 0) is 20.9 Å². The zero-order valence-corrected chi connectivity index (χ0v) is 13.2. The number of sulfone groups is 1. The molecule has 1 unspecified atom stereocenters. The van der Waals surface area contributed by atoms with Gasteiger partial charge in [0, 0.05) is 5.56 Å². The van der Waals surface area contributed by atoms with Crippen LogP contribution in [-0.4, -0.2) is 18.3 Å². The summed E-state index contributed by atoms with van der Waals surface area (Å²) in [6.45, 7) is 10.9. The molecule has 0 aromatic heterocycles. The van der Waals surface area contributed by atoms with Crippen LogP contribution in [0.2, 0.25) is 0 Å². The van der Waals surface area contributed by atoms with E-state index in [4.69, 9.17) is 0 Å². The molecule has 0 bridgehead atoms. The van der Waals surface area contributed by atoms with Gasteiger partial charge in [-0.2, -0.15) is 0 Å². The number of hydrogen-bond donors (Lipinski definition) is 1. The molecule has 1 heterocycles. The summed E-state index contributed by atoms with van der Waals surface area (Å²) in [5.41, 5.74) is -0.0189. The molecule has 0 saturated heterocycles. The maximum atomic E-state index is 12.6. The largest absolute Gasteiger partial charge is 0.384 e. The van der Waals surface area contributed by atoms with Crippen LogP contribution in [0.4, 0.5) is 0 Å². The van der Waals surface area contributed by atoms with Crippen molar-refractivity contribution in [3.8, 4) is 0 Å². The van der Waals surface area contributed by atoms with Crippen LogP contribution in [0.3, 0.4) is 0 Å². The van der Waals surface area contributed by atoms with Crippen LogP contribution in [0.25, 0.3) is 0 Å². The lowest BCUT2D eigenvalue weighted by molar-refractivity contribution is 0.0263. The van der Waals surface area contributed by atoms with E-state index in [1.807, 2.05) is 26.8 Å². The summed E-state index contributed by atoms with van der Waals surface area (Å²) in [4.78, 5) is 0.273. The molecule has 2 rings (SSSR count). The van der Waals surface area contributed by atoms with Gasteiger partial charge in [0.1, 0.15) is 10.3 Å². The Kier molecular flexibility index (Phi) is 2.76. The van der Waals surface area contributed by atoms with E-state index in [1.165, 1.54) is 0 Å². The van der Waals surface area contributed by atoms with Gasteiger partial charge in [-0.05, 0) is 37.8 Å². The monoisotopic (exact) mass is 282 g/mol. The van der Waals surface area contributed by atoms with Gasteiger partial charge < -0.3 is 5.11 Å². The van der Waals surface area contributed by atoms with Crippen LogP contribution in [0, 0.1) is 0 Å². The Morgan fingerprint density at radius 1 is 1.11 bits per heavy atom. The topological polar surface area (TPSA) is 54.4 Å². The molecule has 0 amide bonds. The first-order chi connectivity index (χ1) is 8.33. The van der Waals surface area contributed by atoms with Gasteiger partial charge in [-0.25, -0.2) is 8.42 Å². The summed E-state index contributed by atoms with van der Waals surface area (Å²) in [6, 6.07) is 5.38. The van der Waals surface area contributed by atoms with Crippen molar-refractivity contribution < 1.29 is 13.5 Å². The van der Waals surface area contributed by atoms with Crippen molar-refractivity contribution in [1.29, 1.82) is 0 Å². The lowest BCUT2D eigenvalue weighted by Gasteiger charge is -2.31. The second-order valence-corrected chi connectivity index (χ2v) is 9.51. The second kappa shape index (κ2) is 3.61. The Labute approximate surface area is 115 Å². The van der Waals surface area contributed by atoms with Crippen molar-refractivity contribution in [2.75, 3.05) is 0 Å². The number of rotatable bonds is 0. The first-order valence-corrected chi connectivity index (χ1v) is 7.94. The highest BCUT2D eigenvalue weighted by atomic mass is 32.2. The van der Waals surface area contributed by atoms with E-state index in [-0.39, 0.29) is 10.3 Å². The predicted molar refractivity (Wildman–Crippen MR) is 76.0 cm³/mol. The maximum absolute atomic E-state index is 12.6. The lowest BCUT2D eigenvalue weighted by atomic mass is 9.82. The minimum absolute atomic E-state index is 0.122. The summed E-state index contributed by atoms with van der Waals surface area (Å²) in [5.74, 6) is 0. The Balaban J connectivity index is 2.81. The fraction of sp³-hybridized carbons (Fsp3) is 0.600. The predicted octanol–water partition coefficient (Wildman–Crippen LogP) is 2.76. The molecule has 0 aliphatic carbocycles. The first-order valence-electron chi connectivity index (χ1n) is 6.45. The summed E-state index contributed by atoms with van der Waals surface area (Å²) < 4.78 is 24.1. The molecule has 1 aromatic rings. The van der Waals surface area contributed by atoms with Crippen LogP contribution in [0.5, 0.6) is 0 Å². The van der Waals surface area contributed by atoms with Crippen molar-refractivity contribution >= 4 is 9.84 Å². The molecule has 3 nitrogen and oxygen atoms in total. The minimum atomic E-state index is -3.52. The summed E-state index contributed by atoms with van der Waals surface area (Å²) in [7, 11) is -3.52. The highest BCUT2D eigenvalue weighted by molar-refractivity contribution is 7.93. The fourth-order valence-electron chi connectivity index (χ4n) is 2.47. The first kappa shape index (κ1) is 14.5. The average Bonchev–Trinajstić information content (AvgIpc) is 2.35. The van der Waals surface area contributed by atoms with Gasteiger partial charge in [0.05, 0.1) is 4.90 Å². The number of benzene rings is 1. The highest BCUT2D eigenvalue weighted by Crippen LogP contribution is 2.51. The van der Waals surface area contributed by atoms with E-state index in [1.54, 1.807) is 32.9 Å². The SMILES string of the molecule is CC(C)(C)c1ccc2c(c1)S(=O)(=O)C(C)(C)C2(C)O. The smallest absolute Gasteiger partial charge is 0.187 e. The van der Waals surface area contributed by atoms with E-state index >= 15 is 0 Å². The zero-order valence-electron chi connectivity index (χ0n) is 12.4. The molecule has 0 fully saturated rings. The molecular weight excluding hydrogens is 260 g/mol. The Bertz CT molecular complexity index is 632. The van der Waals surface area contributed by atoms with Crippen molar-refractivity contribution in [2.24, 2.45) is 0 Å². The zero-order chi connectivity index (χ0) is 14.9. The van der Waals surface area contributed by atoms with Crippen LogP contribution >= 0.6 is 0 Å². The molecule has 1 aromatic carbocycles. The van der Waals surface area contributed by atoms with Crippen LogP contribution in [0.15, 0.2) is 23.1 Å². The van der Waals surface area contributed by atoms with E-state index < -0.39 is 20.2 Å². The standard InChI is InChI=1S/C15H22O3S/c1-13(2,3)10-7-8-11-12(9-10)19(17,18)14(4,5)15(11,6)16/h7-9,16H,1-6H3. The van der Waals surface area contributed by atoms with Gasteiger partial charge in [-0.3, -0.25) is 0 Å². The molecule has 1 N–H and O–H groups in total. The fourth-order valence-corrected chi connectivity index (χ4v) is 4.50. The van der Waals surface area contributed by atoms with Crippen LogP contribution < -0.4 is 0 Å². The number of aliphatic hydroxyl groups is 1. The molecule has 1 aliphatic rings. The normalized spacial score (nSPS) is 28.2. The maximum Gasteiger partial charge on any atom is 0.187 e. The molecule has 106 valence electrons. The van der Waals surface area contributed by atoms with Crippen molar-refractivity contribution in [1.82, 2.24) is 0 Å². The van der Waals surface area contributed by atoms with Crippen molar-refractivity contribution in [3.05, 3.63) is 29.3 Å². The number of fused-ring (bicyclic) bond motifs is 1. The number of hydrogen-bond acceptors (Lipinski definition) is 3. The molecule has 0 spiro atoms. The van der Waals surface area contributed by atoms with Crippen molar-refractivity contribution in [3.63, 3.8) is 0 Å². The quantitative estimate of drug-likeness (QED) is 0.796. The van der Waals surface area contributed by atoms with Gasteiger partial charge in [-0.1, -0.05) is 32.9 Å². The molecule has 0 saturated carbocycles.